The third-order valence-corrected chi connectivity index (χ3v) is 3.68. The van der Waals surface area contributed by atoms with Crippen LogP contribution in [-0.2, 0) is 4.74 Å². The molecule has 4 heteroatoms. The highest BCUT2D eigenvalue weighted by Crippen LogP contribution is 2.30. The van der Waals surface area contributed by atoms with Crippen LogP contribution in [0.1, 0.15) is 36.5 Å². The SMILES string of the molecule is COC(=O)c1ccc(N)c(NC2CCCC2C)c1. The molecule has 1 saturated carbocycles. The second-order valence-electron chi connectivity index (χ2n) is 4.95. The van der Waals surface area contributed by atoms with Crippen LogP contribution in [0.25, 0.3) is 0 Å². The minimum Gasteiger partial charge on any atom is -0.465 e. The normalized spacial score (nSPS) is 22.8. The molecule has 1 aliphatic rings. The molecule has 0 bridgehead atoms. The van der Waals surface area contributed by atoms with E-state index in [1.165, 1.54) is 20.0 Å². The Labute approximate surface area is 108 Å². The van der Waals surface area contributed by atoms with Crippen molar-refractivity contribution in [1.82, 2.24) is 0 Å². The number of anilines is 2. The highest BCUT2D eigenvalue weighted by Gasteiger charge is 2.23. The van der Waals surface area contributed by atoms with Crippen LogP contribution in [0.15, 0.2) is 18.2 Å². The topological polar surface area (TPSA) is 64.3 Å². The number of rotatable bonds is 3. The largest absolute Gasteiger partial charge is 0.465 e. The van der Waals surface area contributed by atoms with Gasteiger partial charge in [-0.1, -0.05) is 13.3 Å². The third-order valence-electron chi connectivity index (χ3n) is 3.68. The predicted octanol–water partition coefficient (Wildman–Crippen LogP) is 2.66. The Balaban J connectivity index is 2.18. The van der Waals surface area contributed by atoms with E-state index in [1.807, 2.05) is 0 Å². The van der Waals surface area contributed by atoms with Crippen LogP contribution < -0.4 is 11.1 Å². The lowest BCUT2D eigenvalue weighted by molar-refractivity contribution is 0.0601. The molecule has 1 aromatic rings. The summed E-state index contributed by atoms with van der Waals surface area (Å²) in [6.45, 7) is 2.24. The smallest absolute Gasteiger partial charge is 0.337 e. The molecule has 0 radical (unpaired) electrons. The van der Waals surface area contributed by atoms with Gasteiger partial charge in [-0.25, -0.2) is 4.79 Å². The van der Waals surface area contributed by atoms with Crippen LogP contribution in [-0.4, -0.2) is 19.1 Å². The summed E-state index contributed by atoms with van der Waals surface area (Å²) in [5, 5.41) is 3.45. The van der Waals surface area contributed by atoms with Gasteiger partial charge in [-0.15, -0.1) is 0 Å². The molecule has 1 aromatic carbocycles. The Bertz CT molecular complexity index is 445. The van der Waals surface area contributed by atoms with E-state index in [2.05, 4.69) is 12.2 Å². The van der Waals surface area contributed by atoms with Gasteiger partial charge in [-0.2, -0.15) is 0 Å². The number of hydrogen-bond acceptors (Lipinski definition) is 4. The highest BCUT2D eigenvalue weighted by atomic mass is 16.5. The van der Waals surface area contributed by atoms with Crippen LogP contribution in [0, 0.1) is 5.92 Å². The lowest BCUT2D eigenvalue weighted by atomic mass is 10.1. The first-order valence-corrected chi connectivity index (χ1v) is 6.36. The van der Waals surface area contributed by atoms with Crippen LogP contribution in [0.3, 0.4) is 0 Å². The zero-order valence-corrected chi connectivity index (χ0v) is 10.9. The molecule has 1 aliphatic carbocycles. The number of hydrogen-bond donors (Lipinski definition) is 2. The van der Waals surface area contributed by atoms with E-state index >= 15 is 0 Å². The number of nitrogens with one attached hydrogen (secondary N) is 1. The quantitative estimate of drug-likeness (QED) is 0.637. The molecule has 3 N–H and O–H groups in total. The van der Waals surface area contributed by atoms with Gasteiger partial charge in [-0.3, -0.25) is 0 Å². The first-order chi connectivity index (χ1) is 8.61. The van der Waals surface area contributed by atoms with Gasteiger partial charge < -0.3 is 15.8 Å². The Morgan fingerprint density at radius 2 is 2.22 bits per heavy atom. The molecular formula is C14H20N2O2. The summed E-state index contributed by atoms with van der Waals surface area (Å²) in [4.78, 5) is 11.5. The number of benzene rings is 1. The standard InChI is InChI=1S/C14H20N2O2/c1-9-4-3-5-12(9)16-13-8-10(14(17)18-2)6-7-11(13)15/h6-9,12,16H,3-5,15H2,1-2H3. The van der Waals surface area contributed by atoms with Crippen molar-refractivity contribution in [2.24, 2.45) is 5.92 Å². The van der Waals surface area contributed by atoms with Crippen molar-refractivity contribution >= 4 is 17.3 Å². The van der Waals surface area contributed by atoms with Crippen molar-refractivity contribution in [2.75, 3.05) is 18.2 Å². The lowest BCUT2D eigenvalue weighted by Gasteiger charge is -2.20. The minimum absolute atomic E-state index is 0.336. The van der Waals surface area contributed by atoms with Crippen molar-refractivity contribution in [1.29, 1.82) is 0 Å². The van der Waals surface area contributed by atoms with Gasteiger partial charge in [0.25, 0.3) is 0 Å². The molecule has 98 valence electrons. The minimum atomic E-state index is -0.336. The van der Waals surface area contributed by atoms with E-state index in [0.29, 0.717) is 23.2 Å². The van der Waals surface area contributed by atoms with E-state index in [4.69, 9.17) is 10.5 Å². The zero-order chi connectivity index (χ0) is 13.1. The Morgan fingerprint density at radius 1 is 1.44 bits per heavy atom. The fraction of sp³-hybridized carbons (Fsp3) is 0.500. The maximum absolute atomic E-state index is 11.5. The van der Waals surface area contributed by atoms with E-state index < -0.39 is 0 Å². The van der Waals surface area contributed by atoms with Gasteiger partial charge in [0.15, 0.2) is 0 Å². The predicted molar refractivity (Wildman–Crippen MR) is 72.6 cm³/mol. The van der Waals surface area contributed by atoms with Crippen LogP contribution in [0.4, 0.5) is 11.4 Å². The number of carbonyl (C=O) groups is 1. The average molecular weight is 248 g/mol. The van der Waals surface area contributed by atoms with Gasteiger partial charge in [0, 0.05) is 6.04 Å². The molecule has 2 unspecified atom stereocenters. The van der Waals surface area contributed by atoms with E-state index in [-0.39, 0.29) is 5.97 Å². The van der Waals surface area contributed by atoms with Gasteiger partial charge in [0.2, 0.25) is 0 Å². The van der Waals surface area contributed by atoms with Crippen LogP contribution in [0.2, 0.25) is 0 Å². The van der Waals surface area contributed by atoms with E-state index in [9.17, 15) is 4.79 Å². The first-order valence-electron chi connectivity index (χ1n) is 6.36. The zero-order valence-electron chi connectivity index (χ0n) is 10.9. The maximum atomic E-state index is 11.5. The number of nitrogens with two attached hydrogens (primary N) is 1. The lowest BCUT2D eigenvalue weighted by Crippen LogP contribution is -2.22. The summed E-state index contributed by atoms with van der Waals surface area (Å²) in [5.41, 5.74) is 7.97. The number of methoxy groups -OCH3 is 1. The Morgan fingerprint density at radius 3 is 2.83 bits per heavy atom. The van der Waals surface area contributed by atoms with E-state index in [1.54, 1.807) is 18.2 Å². The fourth-order valence-electron chi connectivity index (χ4n) is 2.49. The van der Waals surface area contributed by atoms with Gasteiger partial charge in [0.05, 0.1) is 24.0 Å². The van der Waals surface area contributed by atoms with E-state index in [0.717, 1.165) is 12.1 Å². The van der Waals surface area contributed by atoms with Gasteiger partial charge in [0.1, 0.15) is 0 Å². The number of carbonyl (C=O) groups excluding carboxylic acids is 1. The van der Waals surface area contributed by atoms with Crippen molar-refractivity contribution in [3.05, 3.63) is 23.8 Å². The second-order valence-corrected chi connectivity index (χ2v) is 4.95. The fourth-order valence-corrected chi connectivity index (χ4v) is 2.49. The van der Waals surface area contributed by atoms with Crippen LogP contribution >= 0.6 is 0 Å². The van der Waals surface area contributed by atoms with Crippen LogP contribution in [0.5, 0.6) is 0 Å². The molecule has 0 spiro atoms. The molecule has 0 heterocycles. The third kappa shape index (κ3) is 2.58. The Hall–Kier alpha value is -1.71. The summed E-state index contributed by atoms with van der Waals surface area (Å²) >= 11 is 0. The van der Waals surface area contributed by atoms with Crippen molar-refractivity contribution in [2.45, 2.75) is 32.2 Å². The van der Waals surface area contributed by atoms with Crippen molar-refractivity contribution < 1.29 is 9.53 Å². The summed E-state index contributed by atoms with van der Waals surface area (Å²) in [7, 11) is 1.38. The summed E-state index contributed by atoms with van der Waals surface area (Å²) in [6.07, 6.45) is 3.65. The number of nitrogen functional groups attached to an aromatic ring is 1. The van der Waals surface area contributed by atoms with Crippen molar-refractivity contribution in [3.63, 3.8) is 0 Å². The molecule has 0 aromatic heterocycles. The van der Waals surface area contributed by atoms with Gasteiger partial charge in [-0.05, 0) is 37.0 Å². The molecular weight excluding hydrogens is 228 g/mol. The Kier molecular flexibility index (Phi) is 3.75. The first kappa shape index (κ1) is 12.7. The number of esters is 1. The molecule has 2 rings (SSSR count). The molecule has 2 atom stereocenters. The molecule has 4 nitrogen and oxygen atoms in total. The summed E-state index contributed by atoms with van der Waals surface area (Å²) in [6, 6.07) is 5.64. The molecule has 0 saturated heterocycles. The summed E-state index contributed by atoms with van der Waals surface area (Å²) in [5.74, 6) is 0.309. The number of ether oxygens (including phenoxy) is 1. The molecule has 1 fully saturated rings. The maximum Gasteiger partial charge on any atom is 0.337 e. The molecule has 0 amide bonds. The van der Waals surface area contributed by atoms with Gasteiger partial charge >= 0.3 is 5.97 Å². The molecule has 0 aliphatic heterocycles. The average Bonchev–Trinajstić information content (AvgIpc) is 2.77. The summed E-state index contributed by atoms with van der Waals surface area (Å²) < 4.78 is 4.71. The second kappa shape index (κ2) is 5.29. The molecule has 18 heavy (non-hydrogen) atoms. The van der Waals surface area contributed by atoms with Crippen molar-refractivity contribution in [3.8, 4) is 0 Å². The highest BCUT2D eigenvalue weighted by molar-refractivity contribution is 5.92. The monoisotopic (exact) mass is 248 g/mol.